The molecule has 1 aromatic heterocycles. The van der Waals surface area contributed by atoms with Crippen LogP contribution in [-0.2, 0) is 11.2 Å². The number of halogens is 1. The highest BCUT2D eigenvalue weighted by atomic mass is 35.5. The normalized spacial score (nSPS) is 17.2. The molecule has 1 fully saturated rings. The van der Waals surface area contributed by atoms with Gasteiger partial charge in [0.15, 0.2) is 0 Å². The van der Waals surface area contributed by atoms with Crippen LogP contribution < -0.4 is 5.32 Å². The Kier molecular flexibility index (Phi) is 6.67. The quantitative estimate of drug-likeness (QED) is 0.612. The van der Waals surface area contributed by atoms with Gasteiger partial charge in [0.1, 0.15) is 5.82 Å². The predicted octanol–water partition coefficient (Wildman–Crippen LogP) is 4.02. The number of benzene rings is 2. The monoisotopic (exact) mass is 436 g/mol. The lowest BCUT2D eigenvalue weighted by Crippen LogP contribution is -2.46. The smallest absolute Gasteiger partial charge is 0.253 e. The van der Waals surface area contributed by atoms with Crippen molar-refractivity contribution in [3.05, 3.63) is 89.0 Å². The SMILES string of the molecule is O=C(N[C@@H](Cc1ncc[nH]1)c1ccccc1)[C@H]1CCCN(C(=O)c2ccc(Cl)cc2)C1. The van der Waals surface area contributed by atoms with Crippen molar-refractivity contribution in [2.24, 2.45) is 5.92 Å². The van der Waals surface area contributed by atoms with Crippen LogP contribution in [0.25, 0.3) is 0 Å². The lowest BCUT2D eigenvalue weighted by Gasteiger charge is -2.33. The van der Waals surface area contributed by atoms with E-state index in [2.05, 4.69) is 15.3 Å². The van der Waals surface area contributed by atoms with Gasteiger partial charge >= 0.3 is 0 Å². The second-order valence-electron chi connectivity index (χ2n) is 7.81. The average molecular weight is 437 g/mol. The van der Waals surface area contributed by atoms with Crippen LogP contribution >= 0.6 is 11.6 Å². The van der Waals surface area contributed by atoms with Crippen LogP contribution in [0.1, 0.15) is 40.6 Å². The number of amides is 2. The third kappa shape index (κ3) is 5.33. The van der Waals surface area contributed by atoms with Crippen LogP contribution in [-0.4, -0.2) is 39.8 Å². The molecule has 0 bridgehead atoms. The third-order valence-electron chi connectivity index (χ3n) is 5.64. The molecular formula is C24H25ClN4O2. The number of imidazole rings is 1. The van der Waals surface area contributed by atoms with E-state index >= 15 is 0 Å². The van der Waals surface area contributed by atoms with Crippen LogP contribution in [0.15, 0.2) is 67.0 Å². The van der Waals surface area contributed by atoms with Gasteiger partial charge < -0.3 is 15.2 Å². The number of hydrogen-bond donors (Lipinski definition) is 2. The number of piperidine rings is 1. The van der Waals surface area contributed by atoms with Crippen molar-refractivity contribution >= 4 is 23.4 Å². The van der Waals surface area contributed by atoms with E-state index < -0.39 is 0 Å². The summed E-state index contributed by atoms with van der Waals surface area (Å²) < 4.78 is 0. The fourth-order valence-corrected chi connectivity index (χ4v) is 4.11. The Morgan fingerprint density at radius 2 is 1.94 bits per heavy atom. The molecule has 0 unspecified atom stereocenters. The van der Waals surface area contributed by atoms with Crippen molar-refractivity contribution in [3.8, 4) is 0 Å². The molecule has 2 heterocycles. The van der Waals surface area contributed by atoms with Crippen molar-refractivity contribution in [3.63, 3.8) is 0 Å². The van der Waals surface area contributed by atoms with Gasteiger partial charge in [0.25, 0.3) is 5.91 Å². The molecule has 2 atom stereocenters. The Hall–Kier alpha value is -3.12. The zero-order chi connectivity index (χ0) is 21.6. The number of carbonyl (C=O) groups excluding carboxylic acids is 2. The molecule has 1 aliphatic rings. The van der Waals surface area contributed by atoms with Crippen molar-refractivity contribution in [2.45, 2.75) is 25.3 Å². The molecule has 6 nitrogen and oxygen atoms in total. The van der Waals surface area contributed by atoms with E-state index in [1.54, 1.807) is 41.6 Å². The molecule has 160 valence electrons. The molecule has 2 N–H and O–H groups in total. The van der Waals surface area contributed by atoms with Crippen LogP contribution in [0.3, 0.4) is 0 Å². The first-order valence-electron chi connectivity index (χ1n) is 10.5. The largest absolute Gasteiger partial charge is 0.349 e. The molecule has 1 aliphatic heterocycles. The van der Waals surface area contributed by atoms with Gasteiger partial charge in [-0.2, -0.15) is 0 Å². The highest BCUT2D eigenvalue weighted by Crippen LogP contribution is 2.22. The minimum absolute atomic E-state index is 0.0333. The lowest BCUT2D eigenvalue weighted by atomic mass is 9.95. The highest BCUT2D eigenvalue weighted by Gasteiger charge is 2.30. The van der Waals surface area contributed by atoms with E-state index in [1.807, 2.05) is 30.3 Å². The van der Waals surface area contributed by atoms with Crippen molar-refractivity contribution in [2.75, 3.05) is 13.1 Å². The van der Waals surface area contributed by atoms with E-state index in [9.17, 15) is 9.59 Å². The number of likely N-dealkylation sites (tertiary alicyclic amines) is 1. The second kappa shape index (κ2) is 9.79. The molecule has 0 aliphatic carbocycles. The van der Waals surface area contributed by atoms with Gasteiger partial charge in [-0.1, -0.05) is 41.9 Å². The molecule has 2 amide bonds. The maximum atomic E-state index is 13.2. The van der Waals surface area contributed by atoms with Crippen molar-refractivity contribution in [1.82, 2.24) is 20.2 Å². The Labute approximate surface area is 186 Å². The molecule has 4 rings (SSSR count). The van der Waals surface area contributed by atoms with E-state index in [0.717, 1.165) is 24.2 Å². The number of aromatic amines is 1. The van der Waals surface area contributed by atoms with Gasteiger partial charge in [-0.05, 0) is 42.7 Å². The van der Waals surface area contributed by atoms with Crippen molar-refractivity contribution < 1.29 is 9.59 Å². The van der Waals surface area contributed by atoms with Gasteiger partial charge in [0.2, 0.25) is 5.91 Å². The molecule has 1 saturated heterocycles. The summed E-state index contributed by atoms with van der Waals surface area (Å²) in [4.78, 5) is 35.2. The summed E-state index contributed by atoms with van der Waals surface area (Å²) in [6.07, 6.45) is 5.62. The van der Waals surface area contributed by atoms with E-state index in [4.69, 9.17) is 11.6 Å². The molecule has 3 aromatic rings. The molecule has 0 spiro atoms. The predicted molar refractivity (Wildman–Crippen MR) is 120 cm³/mol. The molecule has 31 heavy (non-hydrogen) atoms. The summed E-state index contributed by atoms with van der Waals surface area (Å²) in [7, 11) is 0. The summed E-state index contributed by atoms with van der Waals surface area (Å²) in [5.74, 6) is 0.475. The number of aromatic nitrogens is 2. The molecule has 7 heteroatoms. The first-order valence-corrected chi connectivity index (χ1v) is 10.9. The third-order valence-corrected chi connectivity index (χ3v) is 5.89. The van der Waals surface area contributed by atoms with E-state index in [-0.39, 0.29) is 23.8 Å². The number of carbonyl (C=O) groups is 2. The number of nitrogens with zero attached hydrogens (tertiary/aromatic N) is 2. The summed E-state index contributed by atoms with van der Waals surface area (Å²) in [5.41, 5.74) is 1.61. The first-order chi connectivity index (χ1) is 15.1. The average Bonchev–Trinajstić information content (AvgIpc) is 3.32. The standard InChI is InChI=1S/C24H25ClN4O2/c25-20-10-8-18(9-11-20)24(31)29-14-4-7-19(16-29)23(30)28-21(15-22-26-12-13-27-22)17-5-2-1-3-6-17/h1-3,5-6,8-13,19,21H,4,7,14-16H2,(H,26,27)(H,28,30)/t19-,21-/m0/s1. The molecule has 0 saturated carbocycles. The fourth-order valence-electron chi connectivity index (χ4n) is 3.98. The number of hydrogen-bond acceptors (Lipinski definition) is 3. The van der Waals surface area contributed by atoms with Crippen LogP contribution in [0, 0.1) is 5.92 Å². The summed E-state index contributed by atoms with van der Waals surface area (Å²) in [6.45, 7) is 1.06. The number of nitrogens with one attached hydrogen (secondary N) is 2. The number of H-pyrrole nitrogens is 1. The van der Waals surface area contributed by atoms with Gasteiger partial charge in [-0.3, -0.25) is 9.59 Å². The maximum absolute atomic E-state index is 13.2. The summed E-state index contributed by atoms with van der Waals surface area (Å²) in [6, 6.07) is 16.6. The van der Waals surface area contributed by atoms with Crippen molar-refractivity contribution in [1.29, 1.82) is 0 Å². The van der Waals surface area contributed by atoms with Gasteiger partial charge in [0.05, 0.1) is 12.0 Å². The molecule has 2 aromatic carbocycles. The maximum Gasteiger partial charge on any atom is 0.253 e. The van der Waals surface area contributed by atoms with Gasteiger partial charge in [-0.15, -0.1) is 0 Å². The molecular weight excluding hydrogens is 412 g/mol. The number of rotatable bonds is 6. The zero-order valence-corrected chi connectivity index (χ0v) is 17.9. The topological polar surface area (TPSA) is 78.1 Å². The fraction of sp³-hybridized carbons (Fsp3) is 0.292. The van der Waals surface area contributed by atoms with Gasteiger partial charge in [-0.25, -0.2) is 4.98 Å². The van der Waals surface area contributed by atoms with E-state index in [0.29, 0.717) is 30.1 Å². The Morgan fingerprint density at radius 3 is 2.65 bits per heavy atom. The Bertz CT molecular complexity index is 1010. The van der Waals surface area contributed by atoms with E-state index in [1.165, 1.54) is 0 Å². The lowest BCUT2D eigenvalue weighted by molar-refractivity contribution is -0.127. The summed E-state index contributed by atoms with van der Waals surface area (Å²) >= 11 is 5.93. The zero-order valence-electron chi connectivity index (χ0n) is 17.1. The summed E-state index contributed by atoms with van der Waals surface area (Å²) in [5, 5.41) is 3.79. The van der Waals surface area contributed by atoms with Crippen LogP contribution in [0.5, 0.6) is 0 Å². The Morgan fingerprint density at radius 1 is 1.16 bits per heavy atom. The second-order valence-corrected chi connectivity index (χ2v) is 8.25. The molecule has 0 radical (unpaired) electrons. The highest BCUT2D eigenvalue weighted by molar-refractivity contribution is 6.30. The Balaban J connectivity index is 1.44. The van der Waals surface area contributed by atoms with Crippen LogP contribution in [0.2, 0.25) is 5.02 Å². The minimum atomic E-state index is -0.243. The minimum Gasteiger partial charge on any atom is -0.349 e. The first kappa shape index (κ1) is 21.1. The van der Waals surface area contributed by atoms with Gasteiger partial charge in [0, 0.05) is 42.5 Å². The van der Waals surface area contributed by atoms with Crippen LogP contribution in [0.4, 0.5) is 0 Å².